The van der Waals surface area contributed by atoms with Crippen molar-refractivity contribution in [2.24, 2.45) is 0 Å². The Balaban J connectivity index is 1.76. The number of aryl methyl sites for hydroxylation is 2. The van der Waals surface area contributed by atoms with Crippen molar-refractivity contribution in [1.82, 2.24) is 14.8 Å². The van der Waals surface area contributed by atoms with Crippen LogP contribution in [0.25, 0.3) is 17.1 Å². The van der Waals surface area contributed by atoms with Crippen LogP contribution in [0.1, 0.15) is 21.7 Å². The number of non-ortho nitro benzene ring substituents is 1. The molecule has 0 saturated carbocycles. The van der Waals surface area contributed by atoms with Gasteiger partial charge in [0.2, 0.25) is 5.82 Å². The number of carbonyl (C=O) groups excluding carboxylic acids is 1. The van der Waals surface area contributed by atoms with Gasteiger partial charge in [-0.25, -0.2) is 9.67 Å². The minimum absolute atomic E-state index is 0.0359. The molecule has 0 radical (unpaired) electrons. The topological polar surface area (TPSA) is 103 Å². The Morgan fingerprint density at radius 1 is 1.00 bits per heavy atom. The maximum Gasteiger partial charge on any atom is 0.295 e. The van der Waals surface area contributed by atoms with Crippen LogP contribution in [0.2, 0.25) is 0 Å². The number of amides is 1. The van der Waals surface area contributed by atoms with Gasteiger partial charge in [-0.2, -0.15) is 0 Å². The molecule has 0 atom stereocenters. The molecule has 0 saturated heterocycles. The van der Waals surface area contributed by atoms with Crippen LogP contribution < -0.4 is 5.32 Å². The van der Waals surface area contributed by atoms with Crippen molar-refractivity contribution in [2.45, 2.75) is 13.8 Å². The van der Waals surface area contributed by atoms with E-state index in [0.29, 0.717) is 11.5 Å². The monoisotopic (exact) mass is 413 g/mol. The molecule has 0 bridgehead atoms. The minimum atomic E-state index is -0.554. The van der Waals surface area contributed by atoms with E-state index in [1.54, 1.807) is 10.7 Å². The molecule has 1 amide bonds. The predicted molar refractivity (Wildman–Crippen MR) is 117 cm³/mol. The third-order valence-corrected chi connectivity index (χ3v) is 4.75. The van der Waals surface area contributed by atoms with Crippen LogP contribution in [0.3, 0.4) is 0 Å². The predicted octanol–water partition coefficient (Wildman–Crippen LogP) is 4.71. The van der Waals surface area contributed by atoms with E-state index in [4.69, 9.17) is 0 Å². The number of hydrogen-bond acceptors (Lipinski definition) is 5. The van der Waals surface area contributed by atoms with Gasteiger partial charge in [0.05, 0.1) is 10.6 Å². The fourth-order valence-electron chi connectivity index (χ4n) is 3.18. The Bertz CT molecular complexity index is 1280. The summed E-state index contributed by atoms with van der Waals surface area (Å²) in [5, 5.41) is 18.1. The average Bonchev–Trinajstić information content (AvgIpc) is 3.22. The Labute approximate surface area is 178 Å². The zero-order valence-corrected chi connectivity index (χ0v) is 16.9. The molecule has 8 heteroatoms. The lowest BCUT2D eigenvalue weighted by molar-refractivity contribution is -0.384. The summed E-state index contributed by atoms with van der Waals surface area (Å²) in [6.07, 6.45) is 0. The highest BCUT2D eigenvalue weighted by Gasteiger charge is 2.20. The maximum absolute atomic E-state index is 12.9. The first-order valence-corrected chi connectivity index (χ1v) is 9.58. The molecular formula is C23H19N5O3. The van der Waals surface area contributed by atoms with E-state index in [0.717, 1.165) is 22.4 Å². The Hall–Kier alpha value is -4.33. The normalized spacial score (nSPS) is 10.6. The van der Waals surface area contributed by atoms with Crippen LogP contribution in [-0.2, 0) is 0 Å². The van der Waals surface area contributed by atoms with Crippen molar-refractivity contribution in [3.05, 3.63) is 99.9 Å². The van der Waals surface area contributed by atoms with Gasteiger partial charge in [0, 0.05) is 23.4 Å². The van der Waals surface area contributed by atoms with Gasteiger partial charge in [-0.15, -0.1) is 5.10 Å². The van der Waals surface area contributed by atoms with Crippen LogP contribution in [0, 0.1) is 24.0 Å². The quantitative estimate of drug-likeness (QED) is 0.377. The molecule has 31 heavy (non-hydrogen) atoms. The van der Waals surface area contributed by atoms with Gasteiger partial charge in [0.25, 0.3) is 11.6 Å². The highest BCUT2D eigenvalue weighted by Crippen LogP contribution is 2.24. The molecule has 0 unspecified atom stereocenters. The summed E-state index contributed by atoms with van der Waals surface area (Å²) in [7, 11) is 0. The summed E-state index contributed by atoms with van der Waals surface area (Å²) in [5.74, 6) is -0.0634. The van der Waals surface area contributed by atoms with E-state index in [-0.39, 0.29) is 11.5 Å². The molecule has 1 heterocycles. The van der Waals surface area contributed by atoms with Gasteiger partial charge >= 0.3 is 0 Å². The molecule has 0 spiro atoms. The summed E-state index contributed by atoms with van der Waals surface area (Å²) in [6.45, 7) is 3.95. The number of aromatic nitrogens is 3. The van der Waals surface area contributed by atoms with E-state index >= 15 is 0 Å². The number of benzene rings is 3. The summed E-state index contributed by atoms with van der Waals surface area (Å²) < 4.78 is 1.65. The standard InChI is InChI=1S/C23H19N5O3/c1-15-11-12-16(2)20(13-15)27-22(17-7-4-3-5-8-17)25-21(26-27)23(29)24-18-9-6-10-19(14-18)28(30)31/h3-14H,1-2H3,(H,24,29). The first kappa shape index (κ1) is 20.0. The molecule has 8 nitrogen and oxygen atoms in total. The molecule has 0 fully saturated rings. The van der Waals surface area contributed by atoms with Crippen molar-refractivity contribution in [1.29, 1.82) is 0 Å². The number of nitro benzene ring substituents is 1. The summed E-state index contributed by atoms with van der Waals surface area (Å²) in [4.78, 5) is 27.8. The Kier molecular flexibility index (Phi) is 5.28. The van der Waals surface area contributed by atoms with Crippen LogP contribution in [0.4, 0.5) is 11.4 Å². The van der Waals surface area contributed by atoms with E-state index in [1.165, 1.54) is 18.2 Å². The smallest absolute Gasteiger partial charge is 0.295 e. The molecule has 4 rings (SSSR count). The van der Waals surface area contributed by atoms with Crippen LogP contribution in [-0.4, -0.2) is 25.6 Å². The Morgan fingerprint density at radius 3 is 2.52 bits per heavy atom. The molecule has 4 aromatic rings. The molecular weight excluding hydrogens is 394 g/mol. The summed E-state index contributed by atoms with van der Waals surface area (Å²) in [5.41, 5.74) is 3.85. The molecule has 1 aromatic heterocycles. The van der Waals surface area contributed by atoms with Crippen LogP contribution in [0.5, 0.6) is 0 Å². The second-order valence-corrected chi connectivity index (χ2v) is 7.09. The van der Waals surface area contributed by atoms with Crippen molar-refractivity contribution >= 4 is 17.3 Å². The van der Waals surface area contributed by atoms with E-state index in [9.17, 15) is 14.9 Å². The second-order valence-electron chi connectivity index (χ2n) is 7.09. The molecule has 0 aliphatic heterocycles. The third-order valence-electron chi connectivity index (χ3n) is 4.75. The van der Waals surface area contributed by atoms with Crippen LogP contribution in [0.15, 0.2) is 72.8 Å². The lowest BCUT2D eigenvalue weighted by Crippen LogP contribution is -2.14. The fourth-order valence-corrected chi connectivity index (χ4v) is 3.18. The first-order valence-electron chi connectivity index (χ1n) is 9.58. The zero-order valence-electron chi connectivity index (χ0n) is 16.9. The number of rotatable bonds is 5. The fraction of sp³-hybridized carbons (Fsp3) is 0.0870. The lowest BCUT2D eigenvalue weighted by Gasteiger charge is -2.10. The van der Waals surface area contributed by atoms with Crippen molar-refractivity contribution in [3.8, 4) is 17.1 Å². The Morgan fingerprint density at radius 2 is 1.77 bits per heavy atom. The molecule has 0 aliphatic carbocycles. The molecule has 1 N–H and O–H groups in total. The number of nitrogens with one attached hydrogen (secondary N) is 1. The summed E-state index contributed by atoms with van der Waals surface area (Å²) in [6, 6.07) is 21.2. The number of nitrogens with zero attached hydrogens (tertiary/aromatic N) is 4. The zero-order chi connectivity index (χ0) is 22.0. The van der Waals surface area contributed by atoms with E-state index in [1.807, 2.05) is 62.4 Å². The SMILES string of the molecule is Cc1ccc(C)c(-n2nc(C(=O)Nc3cccc([N+](=O)[O-])c3)nc2-c2ccccc2)c1. The molecule has 0 aliphatic rings. The first-order chi connectivity index (χ1) is 14.9. The van der Waals surface area contributed by atoms with Crippen LogP contribution >= 0.6 is 0 Å². The number of nitro groups is 1. The van der Waals surface area contributed by atoms with Crippen molar-refractivity contribution in [3.63, 3.8) is 0 Å². The van der Waals surface area contributed by atoms with Gasteiger partial charge < -0.3 is 5.32 Å². The largest absolute Gasteiger partial charge is 0.319 e. The van der Waals surface area contributed by atoms with Crippen molar-refractivity contribution in [2.75, 3.05) is 5.32 Å². The third kappa shape index (κ3) is 4.18. The van der Waals surface area contributed by atoms with Gasteiger partial charge in [-0.1, -0.05) is 48.5 Å². The van der Waals surface area contributed by atoms with Crippen molar-refractivity contribution < 1.29 is 9.72 Å². The van der Waals surface area contributed by atoms with Gasteiger partial charge in [-0.3, -0.25) is 14.9 Å². The number of hydrogen-bond donors (Lipinski definition) is 1. The van der Waals surface area contributed by atoms with Gasteiger partial charge in [0.15, 0.2) is 5.82 Å². The number of carbonyl (C=O) groups is 1. The highest BCUT2D eigenvalue weighted by molar-refractivity contribution is 6.02. The minimum Gasteiger partial charge on any atom is -0.319 e. The average molecular weight is 413 g/mol. The molecule has 3 aromatic carbocycles. The van der Waals surface area contributed by atoms with Gasteiger partial charge in [0.1, 0.15) is 0 Å². The second kappa shape index (κ2) is 8.19. The summed E-state index contributed by atoms with van der Waals surface area (Å²) >= 11 is 0. The number of anilines is 1. The highest BCUT2D eigenvalue weighted by atomic mass is 16.6. The van der Waals surface area contributed by atoms with E-state index < -0.39 is 10.8 Å². The van der Waals surface area contributed by atoms with Gasteiger partial charge in [-0.05, 0) is 37.1 Å². The van der Waals surface area contributed by atoms with E-state index in [2.05, 4.69) is 15.4 Å². The lowest BCUT2D eigenvalue weighted by atomic mass is 10.1. The molecule has 154 valence electrons. The maximum atomic E-state index is 12.9.